The Bertz CT molecular complexity index is 462. The predicted molar refractivity (Wildman–Crippen MR) is 73.2 cm³/mol. The van der Waals surface area contributed by atoms with Crippen LogP contribution in [0.3, 0.4) is 0 Å². The quantitative estimate of drug-likeness (QED) is 0.616. The van der Waals surface area contributed by atoms with Gasteiger partial charge in [0, 0.05) is 19.3 Å². The number of benzene rings is 1. The molecule has 104 valence electrons. The molecule has 0 aromatic heterocycles. The first-order valence-corrected chi connectivity index (χ1v) is 6.50. The standard InChI is InChI=1S/C14H20N2O3/c1-16-13-3-2-10(6-11(13)7-14(16)19)4-5-15-8-12(18)9-17/h2-3,6,12,15,17-18H,4-5,7-9H2,1H3. The summed E-state index contributed by atoms with van der Waals surface area (Å²) in [5.74, 6) is 0.136. The highest BCUT2D eigenvalue weighted by atomic mass is 16.3. The molecule has 0 aliphatic carbocycles. The number of fused-ring (bicyclic) bond motifs is 1. The van der Waals surface area contributed by atoms with E-state index in [-0.39, 0.29) is 12.5 Å². The van der Waals surface area contributed by atoms with Gasteiger partial charge in [0.2, 0.25) is 5.91 Å². The number of aliphatic hydroxyl groups excluding tert-OH is 2. The number of nitrogens with one attached hydrogen (secondary N) is 1. The summed E-state index contributed by atoms with van der Waals surface area (Å²) in [6.07, 6.45) is 0.617. The number of likely N-dealkylation sites (N-methyl/N-ethyl adjacent to an activating group) is 1. The summed E-state index contributed by atoms with van der Waals surface area (Å²) in [6, 6.07) is 6.08. The van der Waals surface area contributed by atoms with E-state index in [1.165, 1.54) is 5.56 Å². The van der Waals surface area contributed by atoms with E-state index < -0.39 is 6.10 Å². The smallest absolute Gasteiger partial charge is 0.231 e. The molecule has 0 bridgehead atoms. The van der Waals surface area contributed by atoms with Crippen LogP contribution in [0.1, 0.15) is 11.1 Å². The van der Waals surface area contributed by atoms with E-state index >= 15 is 0 Å². The van der Waals surface area contributed by atoms with E-state index in [4.69, 9.17) is 5.11 Å². The fourth-order valence-electron chi connectivity index (χ4n) is 2.24. The third kappa shape index (κ3) is 3.32. The van der Waals surface area contributed by atoms with Gasteiger partial charge in [0.1, 0.15) is 0 Å². The van der Waals surface area contributed by atoms with Gasteiger partial charge in [-0.15, -0.1) is 0 Å². The number of nitrogens with zero attached hydrogens (tertiary/aromatic N) is 1. The van der Waals surface area contributed by atoms with Gasteiger partial charge in [-0.1, -0.05) is 12.1 Å². The van der Waals surface area contributed by atoms with Crippen molar-refractivity contribution in [2.75, 3.05) is 31.6 Å². The van der Waals surface area contributed by atoms with E-state index in [0.717, 1.165) is 24.2 Å². The lowest BCUT2D eigenvalue weighted by Crippen LogP contribution is -2.30. The Kier molecular flexibility index (Phi) is 4.52. The van der Waals surface area contributed by atoms with Crippen molar-refractivity contribution in [3.05, 3.63) is 29.3 Å². The third-order valence-electron chi connectivity index (χ3n) is 3.40. The van der Waals surface area contributed by atoms with Gasteiger partial charge in [-0.3, -0.25) is 4.79 Å². The van der Waals surface area contributed by atoms with Gasteiger partial charge >= 0.3 is 0 Å². The zero-order chi connectivity index (χ0) is 13.8. The Morgan fingerprint density at radius 2 is 2.26 bits per heavy atom. The minimum atomic E-state index is -0.703. The molecule has 5 nitrogen and oxygen atoms in total. The maximum Gasteiger partial charge on any atom is 0.231 e. The Balaban J connectivity index is 1.86. The third-order valence-corrected chi connectivity index (χ3v) is 3.40. The number of amides is 1. The molecule has 19 heavy (non-hydrogen) atoms. The van der Waals surface area contributed by atoms with Crippen LogP contribution in [0.2, 0.25) is 0 Å². The van der Waals surface area contributed by atoms with Crippen LogP contribution < -0.4 is 10.2 Å². The summed E-state index contributed by atoms with van der Waals surface area (Å²) in [6.45, 7) is 0.905. The van der Waals surface area contributed by atoms with E-state index in [9.17, 15) is 9.90 Å². The molecule has 1 unspecified atom stereocenters. The lowest BCUT2D eigenvalue weighted by Gasteiger charge is -2.11. The predicted octanol–water partition coefficient (Wildman–Crippen LogP) is -0.309. The first kappa shape index (κ1) is 14.0. The van der Waals surface area contributed by atoms with Crippen LogP contribution in [-0.4, -0.2) is 49.0 Å². The monoisotopic (exact) mass is 264 g/mol. The summed E-state index contributed by atoms with van der Waals surface area (Å²) in [5, 5.41) is 20.9. The Labute approximate surface area is 112 Å². The van der Waals surface area contributed by atoms with Crippen LogP contribution in [0.4, 0.5) is 5.69 Å². The molecule has 0 saturated heterocycles. The van der Waals surface area contributed by atoms with Crippen molar-refractivity contribution in [3.8, 4) is 0 Å². The summed E-state index contributed by atoms with van der Waals surface area (Å²) in [5.41, 5.74) is 3.26. The maximum absolute atomic E-state index is 11.6. The number of rotatable bonds is 6. The first-order chi connectivity index (χ1) is 9.11. The molecule has 1 aliphatic rings. The molecule has 1 atom stereocenters. The zero-order valence-corrected chi connectivity index (χ0v) is 11.1. The molecule has 1 aromatic carbocycles. The molecule has 1 amide bonds. The lowest BCUT2D eigenvalue weighted by molar-refractivity contribution is -0.117. The normalized spacial score (nSPS) is 15.7. The fourth-order valence-corrected chi connectivity index (χ4v) is 2.24. The highest BCUT2D eigenvalue weighted by Crippen LogP contribution is 2.28. The van der Waals surface area contributed by atoms with Gasteiger partial charge in [-0.05, 0) is 30.2 Å². The van der Waals surface area contributed by atoms with Crippen molar-refractivity contribution in [1.82, 2.24) is 5.32 Å². The number of hydrogen-bond donors (Lipinski definition) is 3. The number of carbonyl (C=O) groups excluding carboxylic acids is 1. The van der Waals surface area contributed by atoms with E-state index in [0.29, 0.717) is 13.0 Å². The molecule has 0 spiro atoms. The average Bonchev–Trinajstić information content (AvgIpc) is 2.69. The molecule has 1 aliphatic heterocycles. The molecule has 2 rings (SSSR count). The summed E-state index contributed by atoms with van der Waals surface area (Å²) in [7, 11) is 1.80. The highest BCUT2D eigenvalue weighted by molar-refractivity contribution is 6.00. The number of aliphatic hydroxyl groups is 2. The van der Waals surface area contributed by atoms with Gasteiger partial charge in [0.05, 0.1) is 19.1 Å². The van der Waals surface area contributed by atoms with Crippen LogP contribution in [0.5, 0.6) is 0 Å². The van der Waals surface area contributed by atoms with Gasteiger partial charge < -0.3 is 20.4 Å². The molecule has 0 radical (unpaired) electrons. The second-order valence-electron chi connectivity index (χ2n) is 4.88. The number of carbonyl (C=O) groups is 1. The SMILES string of the molecule is CN1C(=O)Cc2cc(CCNCC(O)CO)ccc21. The molecule has 3 N–H and O–H groups in total. The molecule has 5 heteroatoms. The summed E-state index contributed by atoms with van der Waals surface area (Å²) in [4.78, 5) is 13.3. The fraction of sp³-hybridized carbons (Fsp3) is 0.500. The van der Waals surface area contributed by atoms with E-state index in [2.05, 4.69) is 11.4 Å². The lowest BCUT2D eigenvalue weighted by atomic mass is 10.1. The van der Waals surface area contributed by atoms with Gasteiger partial charge in [-0.2, -0.15) is 0 Å². The Morgan fingerprint density at radius 3 is 3.00 bits per heavy atom. The average molecular weight is 264 g/mol. The van der Waals surface area contributed by atoms with Crippen molar-refractivity contribution >= 4 is 11.6 Å². The first-order valence-electron chi connectivity index (χ1n) is 6.50. The van der Waals surface area contributed by atoms with Crippen molar-refractivity contribution in [3.63, 3.8) is 0 Å². The van der Waals surface area contributed by atoms with Crippen molar-refractivity contribution in [1.29, 1.82) is 0 Å². The largest absolute Gasteiger partial charge is 0.394 e. The highest BCUT2D eigenvalue weighted by Gasteiger charge is 2.23. The van der Waals surface area contributed by atoms with Crippen LogP contribution >= 0.6 is 0 Å². The Hall–Kier alpha value is -1.43. The van der Waals surface area contributed by atoms with Crippen LogP contribution in [-0.2, 0) is 17.6 Å². The van der Waals surface area contributed by atoms with Crippen LogP contribution in [0.15, 0.2) is 18.2 Å². The molecule has 0 fully saturated rings. The molecule has 1 aromatic rings. The van der Waals surface area contributed by atoms with Gasteiger partial charge in [0.25, 0.3) is 0 Å². The Morgan fingerprint density at radius 1 is 1.47 bits per heavy atom. The second kappa shape index (κ2) is 6.14. The van der Waals surface area contributed by atoms with Crippen molar-refractivity contribution in [2.24, 2.45) is 0 Å². The minimum absolute atomic E-state index is 0.136. The summed E-state index contributed by atoms with van der Waals surface area (Å²) >= 11 is 0. The van der Waals surface area contributed by atoms with E-state index in [1.54, 1.807) is 11.9 Å². The topological polar surface area (TPSA) is 72.8 Å². The van der Waals surface area contributed by atoms with Crippen LogP contribution in [0, 0.1) is 0 Å². The van der Waals surface area contributed by atoms with Crippen molar-refractivity contribution < 1.29 is 15.0 Å². The van der Waals surface area contributed by atoms with E-state index in [1.807, 2.05) is 12.1 Å². The zero-order valence-electron chi connectivity index (χ0n) is 11.1. The molecule has 1 heterocycles. The minimum Gasteiger partial charge on any atom is -0.394 e. The number of hydrogen-bond acceptors (Lipinski definition) is 4. The summed E-state index contributed by atoms with van der Waals surface area (Å²) < 4.78 is 0. The van der Waals surface area contributed by atoms with Gasteiger partial charge in [-0.25, -0.2) is 0 Å². The second-order valence-corrected chi connectivity index (χ2v) is 4.88. The van der Waals surface area contributed by atoms with Gasteiger partial charge in [0.15, 0.2) is 0 Å². The maximum atomic E-state index is 11.6. The van der Waals surface area contributed by atoms with Crippen molar-refractivity contribution in [2.45, 2.75) is 18.9 Å². The molecule has 0 saturated carbocycles. The molecular formula is C14H20N2O3. The number of anilines is 1. The molecular weight excluding hydrogens is 244 g/mol. The van der Waals surface area contributed by atoms with Crippen LogP contribution in [0.25, 0.3) is 0 Å².